The van der Waals surface area contributed by atoms with Crippen molar-refractivity contribution >= 4 is 34.1 Å². The Morgan fingerprint density at radius 2 is 2.04 bits per heavy atom. The standard InChI is InChI=1S/C16H11ClFN3O2/c17-10-5-6-11-14(7-10)19-9-21(16(11)23)8-15(22)20-13-4-2-1-3-12(13)18/h1-7,9H,8H2,(H,20,22). The molecule has 1 amide bonds. The van der Waals surface area contributed by atoms with E-state index in [1.54, 1.807) is 24.3 Å². The molecule has 0 unspecified atom stereocenters. The molecule has 23 heavy (non-hydrogen) atoms. The van der Waals surface area contributed by atoms with E-state index in [0.29, 0.717) is 15.9 Å². The lowest BCUT2D eigenvalue weighted by Gasteiger charge is -2.08. The summed E-state index contributed by atoms with van der Waals surface area (Å²) in [4.78, 5) is 28.4. The zero-order valence-corrected chi connectivity index (χ0v) is 12.5. The highest BCUT2D eigenvalue weighted by molar-refractivity contribution is 6.31. The Morgan fingerprint density at radius 1 is 1.26 bits per heavy atom. The number of anilines is 1. The van der Waals surface area contributed by atoms with Crippen molar-refractivity contribution in [3.63, 3.8) is 0 Å². The molecule has 0 aliphatic heterocycles. The third-order valence-electron chi connectivity index (χ3n) is 3.25. The number of carbonyl (C=O) groups is 1. The zero-order valence-electron chi connectivity index (χ0n) is 11.8. The summed E-state index contributed by atoms with van der Waals surface area (Å²) in [5.41, 5.74) is 0.148. The first-order valence-corrected chi connectivity index (χ1v) is 7.11. The first-order valence-electron chi connectivity index (χ1n) is 6.73. The van der Waals surface area contributed by atoms with Gasteiger partial charge in [-0.25, -0.2) is 9.37 Å². The van der Waals surface area contributed by atoms with Crippen molar-refractivity contribution < 1.29 is 9.18 Å². The van der Waals surface area contributed by atoms with Crippen LogP contribution in [0.1, 0.15) is 0 Å². The van der Waals surface area contributed by atoms with Crippen LogP contribution in [-0.4, -0.2) is 15.5 Å². The van der Waals surface area contributed by atoms with Gasteiger partial charge >= 0.3 is 0 Å². The highest BCUT2D eigenvalue weighted by Gasteiger charge is 2.10. The van der Waals surface area contributed by atoms with Crippen LogP contribution in [0, 0.1) is 5.82 Å². The molecule has 0 atom stereocenters. The molecule has 1 N–H and O–H groups in total. The monoisotopic (exact) mass is 331 g/mol. The number of fused-ring (bicyclic) bond motifs is 1. The first-order chi connectivity index (χ1) is 11.0. The van der Waals surface area contributed by atoms with Crippen LogP contribution in [0.2, 0.25) is 5.02 Å². The number of benzene rings is 2. The van der Waals surface area contributed by atoms with E-state index in [2.05, 4.69) is 10.3 Å². The summed E-state index contributed by atoms with van der Waals surface area (Å²) in [6.45, 7) is -0.265. The van der Waals surface area contributed by atoms with Crippen molar-refractivity contribution in [1.29, 1.82) is 0 Å². The number of nitrogens with one attached hydrogen (secondary N) is 1. The number of carbonyl (C=O) groups excluding carboxylic acids is 1. The quantitative estimate of drug-likeness (QED) is 0.802. The van der Waals surface area contributed by atoms with Gasteiger partial charge in [0.2, 0.25) is 5.91 Å². The average Bonchev–Trinajstić information content (AvgIpc) is 2.52. The Labute approximate surface area is 135 Å². The van der Waals surface area contributed by atoms with Gasteiger partial charge in [-0.05, 0) is 30.3 Å². The van der Waals surface area contributed by atoms with E-state index in [1.165, 1.54) is 24.5 Å². The summed E-state index contributed by atoms with van der Waals surface area (Å²) in [7, 11) is 0. The molecule has 0 aliphatic rings. The number of halogens is 2. The molecule has 5 nitrogen and oxygen atoms in total. The number of hydrogen-bond acceptors (Lipinski definition) is 3. The van der Waals surface area contributed by atoms with Gasteiger partial charge in [0.25, 0.3) is 5.56 Å². The molecule has 0 aliphatic carbocycles. The van der Waals surface area contributed by atoms with E-state index in [9.17, 15) is 14.0 Å². The zero-order chi connectivity index (χ0) is 16.4. The Morgan fingerprint density at radius 3 is 2.83 bits per heavy atom. The molecule has 0 fully saturated rings. The third-order valence-corrected chi connectivity index (χ3v) is 3.48. The van der Waals surface area contributed by atoms with Gasteiger partial charge in [0.15, 0.2) is 0 Å². The van der Waals surface area contributed by atoms with E-state index >= 15 is 0 Å². The Balaban J connectivity index is 1.85. The summed E-state index contributed by atoms with van der Waals surface area (Å²) >= 11 is 5.85. The van der Waals surface area contributed by atoms with E-state index in [-0.39, 0.29) is 17.8 Å². The van der Waals surface area contributed by atoms with Crippen LogP contribution in [0.5, 0.6) is 0 Å². The first kappa shape index (κ1) is 15.2. The molecule has 3 rings (SSSR count). The number of para-hydroxylation sites is 1. The number of nitrogens with zero attached hydrogens (tertiary/aromatic N) is 2. The van der Waals surface area contributed by atoms with Crippen LogP contribution in [0.3, 0.4) is 0 Å². The van der Waals surface area contributed by atoms with E-state index < -0.39 is 11.7 Å². The number of amides is 1. The maximum atomic E-state index is 13.5. The summed E-state index contributed by atoms with van der Waals surface area (Å²) < 4.78 is 14.7. The molecule has 2 aromatic carbocycles. The fourth-order valence-corrected chi connectivity index (χ4v) is 2.32. The maximum absolute atomic E-state index is 13.5. The van der Waals surface area contributed by atoms with Gasteiger partial charge in [-0.15, -0.1) is 0 Å². The molecule has 7 heteroatoms. The second-order valence-electron chi connectivity index (χ2n) is 4.87. The Kier molecular flexibility index (Phi) is 4.08. The predicted molar refractivity (Wildman–Crippen MR) is 86.0 cm³/mol. The van der Waals surface area contributed by atoms with Crippen molar-refractivity contribution in [1.82, 2.24) is 9.55 Å². The van der Waals surface area contributed by atoms with Gasteiger partial charge < -0.3 is 5.32 Å². The minimum Gasteiger partial charge on any atom is -0.322 e. The summed E-state index contributed by atoms with van der Waals surface area (Å²) in [6.07, 6.45) is 1.27. The summed E-state index contributed by atoms with van der Waals surface area (Å²) in [5.74, 6) is -1.06. The Bertz CT molecular complexity index is 955. The SMILES string of the molecule is O=C(Cn1cnc2cc(Cl)ccc2c1=O)Nc1ccccc1F. The van der Waals surface area contributed by atoms with E-state index in [0.717, 1.165) is 4.57 Å². The maximum Gasteiger partial charge on any atom is 0.261 e. The lowest BCUT2D eigenvalue weighted by Crippen LogP contribution is -2.28. The number of aromatic nitrogens is 2. The lowest BCUT2D eigenvalue weighted by molar-refractivity contribution is -0.116. The fraction of sp³-hybridized carbons (Fsp3) is 0.0625. The second-order valence-corrected chi connectivity index (χ2v) is 5.30. The van der Waals surface area contributed by atoms with Crippen LogP contribution in [0.4, 0.5) is 10.1 Å². The minimum atomic E-state index is -0.542. The second kappa shape index (κ2) is 6.18. The molecule has 0 saturated heterocycles. The van der Waals surface area contributed by atoms with Crippen LogP contribution < -0.4 is 10.9 Å². The normalized spacial score (nSPS) is 10.7. The molecule has 1 heterocycles. The summed E-state index contributed by atoms with van der Waals surface area (Å²) in [5, 5.41) is 3.25. The third kappa shape index (κ3) is 3.22. The Hall–Kier alpha value is -2.73. The molecule has 1 aromatic heterocycles. The predicted octanol–water partition coefficient (Wildman–Crippen LogP) is 2.83. The van der Waals surface area contributed by atoms with Gasteiger partial charge in [0.05, 0.1) is 22.9 Å². The van der Waals surface area contributed by atoms with Crippen LogP contribution in [0.25, 0.3) is 10.9 Å². The van der Waals surface area contributed by atoms with E-state index in [1.807, 2.05) is 0 Å². The molecule has 0 bridgehead atoms. The summed E-state index contributed by atoms with van der Waals surface area (Å²) in [6, 6.07) is 10.5. The van der Waals surface area contributed by atoms with Gasteiger partial charge in [0.1, 0.15) is 12.4 Å². The van der Waals surface area contributed by atoms with Gasteiger partial charge in [0, 0.05) is 5.02 Å². The largest absolute Gasteiger partial charge is 0.322 e. The number of hydrogen-bond donors (Lipinski definition) is 1. The average molecular weight is 332 g/mol. The number of rotatable bonds is 3. The highest BCUT2D eigenvalue weighted by Crippen LogP contribution is 2.14. The minimum absolute atomic E-state index is 0.0612. The molecular formula is C16H11ClFN3O2. The van der Waals surface area contributed by atoms with E-state index in [4.69, 9.17) is 11.6 Å². The lowest BCUT2D eigenvalue weighted by atomic mass is 10.2. The smallest absolute Gasteiger partial charge is 0.261 e. The fourth-order valence-electron chi connectivity index (χ4n) is 2.15. The van der Waals surface area contributed by atoms with Crippen molar-refractivity contribution in [3.8, 4) is 0 Å². The topological polar surface area (TPSA) is 64.0 Å². The van der Waals surface area contributed by atoms with Gasteiger partial charge in [-0.3, -0.25) is 14.2 Å². The van der Waals surface area contributed by atoms with Crippen LogP contribution >= 0.6 is 11.6 Å². The van der Waals surface area contributed by atoms with Crippen molar-refractivity contribution in [3.05, 3.63) is 70.0 Å². The van der Waals surface area contributed by atoms with Gasteiger partial charge in [-0.2, -0.15) is 0 Å². The molecular weight excluding hydrogens is 321 g/mol. The molecule has 0 saturated carbocycles. The van der Waals surface area contributed by atoms with Crippen molar-refractivity contribution in [2.75, 3.05) is 5.32 Å². The molecule has 3 aromatic rings. The molecule has 0 spiro atoms. The van der Waals surface area contributed by atoms with Crippen molar-refractivity contribution in [2.45, 2.75) is 6.54 Å². The van der Waals surface area contributed by atoms with Crippen LogP contribution in [0.15, 0.2) is 53.6 Å². The van der Waals surface area contributed by atoms with Gasteiger partial charge in [-0.1, -0.05) is 23.7 Å². The highest BCUT2D eigenvalue weighted by atomic mass is 35.5. The molecule has 0 radical (unpaired) electrons. The van der Waals surface area contributed by atoms with Crippen molar-refractivity contribution in [2.24, 2.45) is 0 Å². The van der Waals surface area contributed by atoms with Crippen LogP contribution in [-0.2, 0) is 11.3 Å². The molecule has 116 valence electrons.